The minimum absolute atomic E-state index is 0.171. The predicted octanol–water partition coefficient (Wildman–Crippen LogP) is 13.7. The Morgan fingerprint density at radius 1 is 0.561 bits per heavy atom. The van der Waals surface area contributed by atoms with Gasteiger partial charge in [0.15, 0.2) is 5.58 Å². The first kappa shape index (κ1) is 33.2. The zero-order valence-electron chi connectivity index (χ0n) is 31.8. The van der Waals surface area contributed by atoms with Crippen LogP contribution in [0.15, 0.2) is 173 Å². The van der Waals surface area contributed by atoms with Crippen molar-refractivity contribution in [1.82, 2.24) is 14.5 Å². The number of fused-ring (bicyclic) bond motifs is 7. The van der Waals surface area contributed by atoms with E-state index < -0.39 is 0 Å². The molecule has 7 aromatic carbocycles. The molecule has 0 radical (unpaired) electrons. The van der Waals surface area contributed by atoms with Gasteiger partial charge in [-0.25, -0.2) is 9.97 Å². The van der Waals surface area contributed by atoms with Gasteiger partial charge in [0, 0.05) is 45.5 Å². The van der Waals surface area contributed by atoms with Gasteiger partial charge in [-0.3, -0.25) is 9.56 Å². The van der Waals surface area contributed by atoms with E-state index in [1.807, 2.05) is 18.2 Å². The van der Waals surface area contributed by atoms with Gasteiger partial charge in [-0.15, -0.1) is 0 Å². The van der Waals surface area contributed by atoms with Crippen LogP contribution >= 0.6 is 0 Å². The second kappa shape index (κ2) is 13.3. The Balaban J connectivity index is 1.08. The van der Waals surface area contributed by atoms with Crippen molar-refractivity contribution in [2.45, 2.75) is 32.6 Å². The lowest BCUT2D eigenvalue weighted by atomic mass is 9.86. The number of nitrogens with zero attached hydrogens (tertiary/aromatic N) is 4. The molecule has 10 aromatic rings. The van der Waals surface area contributed by atoms with E-state index in [-0.39, 0.29) is 5.92 Å². The molecular formula is C52H38N4O. The van der Waals surface area contributed by atoms with E-state index in [9.17, 15) is 0 Å². The van der Waals surface area contributed by atoms with Gasteiger partial charge in [0.05, 0.1) is 22.2 Å². The summed E-state index contributed by atoms with van der Waals surface area (Å²) in [5, 5.41) is 3.28. The summed E-state index contributed by atoms with van der Waals surface area (Å²) in [5.74, 6) is 1.22. The lowest BCUT2D eigenvalue weighted by Crippen LogP contribution is -2.08. The SMILES string of the molecule is CCC1=Nc2ccccc2[C@H]1c1ccc(-c2cc(-c3ccc(-n4c(CC)nc5ccccc54)cc3)cc(-c3nc4ccccc4c4c3oc3ccccc34)c2)cc1. The summed E-state index contributed by atoms with van der Waals surface area (Å²) >= 11 is 0. The van der Waals surface area contributed by atoms with E-state index >= 15 is 0 Å². The van der Waals surface area contributed by atoms with Crippen LogP contribution in [-0.2, 0) is 6.42 Å². The molecule has 0 N–H and O–H groups in total. The third kappa shape index (κ3) is 5.42. The summed E-state index contributed by atoms with van der Waals surface area (Å²) in [4.78, 5) is 15.3. The first-order valence-corrected chi connectivity index (χ1v) is 19.8. The Morgan fingerprint density at radius 3 is 1.98 bits per heavy atom. The molecule has 1 aliphatic rings. The van der Waals surface area contributed by atoms with Crippen LogP contribution in [0.4, 0.5) is 5.69 Å². The molecule has 272 valence electrons. The van der Waals surface area contributed by atoms with E-state index in [0.717, 1.165) is 107 Å². The maximum absolute atomic E-state index is 6.69. The van der Waals surface area contributed by atoms with E-state index in [1.54, 1.807) is 0 Å². The maximum atomic E-state index is 6.69. The average Bonchev–Trinajstić information content (AvgIpc) is 3.98. The van der Waals surface area contributed by atoms with Gasteiger partial charge in [-0.05, 0) is 100 Å². The maximum Gasteiger partial charge on any atom is 0.162 e. The summed E-state index contributed by atoms with van der Waals surface area (Å²) in [7, 11) is 0. The number of imidazole rings is 1. The van der Waals surface area contributed by atoms with Crippen LogP contribution in [0.5, 0.6) is 0 Å². The molecule has 0 saturated carbocycles. The van der Waals surface area contributed by atoms with Gasteiger partial charge >= 0.3 is 0 Å². The predicted molar refractivity (Wildman–Crippen MR) is 235 cm³/mol. The van der Waals surface area contributed by atoms with Gasteiger partial charge in [-0.1, -0.05) is 117 Å². The van der Waals surface area contributed by atoms with Crippen LogP contribution in [0.3, 0.4) is 0 Å². The highest BCUT2D eigenvalue weighted by molar-refractivity contribution is 6.21. The summed E-state index contributed by atoms with van der Waals surface area (Å²) in [5.41, 5.74) is 17.0. The average molecular weight is 735 g/mol. The van der Waals surface area contributed by atoms with Crippen molar-refractivity contribution in [3.05, 3.63) is 181 Å². The monoisotopic (exact) mass is 734 g/mol. The molecular weight excluding hydrogens is 697 g/mol. The number of rotatable bonds is 7. The molecule has 11 rings (SSSR count). The minimum atomic E-state index is 0.171. The van der Waals surface area contributed by atoms with Crippen LogP contribution < -0.4 is 0 Å². The largest absolute Gasteiger partial charge is 0.454 e. The summed E-state index contributed by atoms with van der Waals surface area (Å²) in [6.07, 6.45) is 1.76. The highest BCUT2D eigenvalue weighted by atomic mass is 16.3. The smallest absolute Gasteiger partial charge is 0.162 e. The fourth-order valence-corrected chi connectivity index (χ4v) is 8.89. The molecule has 5 nitrogen and oxygen atoms in total. The Kier molecular flexibility index (Phi) is 7.75. The molecule has 1 aliphatic heterocycles. The third-order valence-corrected chi connectivity index (χ3v) is 11.6. The second-order valence-corrected chi connectivity index (χ2v) is 14.9. The van der Waals surface area contributed by atoms with Crippen molar-refractivity contribution >= 4 is 55.3 Å². The molecule has 5 heteroatoms. The number of aromatic nitrogens is 3. The normalized spacial score (nSPS) is 13.9. The van der Waals surface area contributed by atoms with Gasteiger partial charge in [0.2, 0.25) is 0 Å². The fraction of sp³-hybridized carbons (Fsp3) is 0.0962. The first-order chi connectivity index (χ1) is 28.1. The first-order valence-electron chi connectivity index (χ1n) is 19.8. The summed E-state index contributed by atoms with van der Waals surface area (Å²) in [6.45, 7) is 4.36. The lowest BCUT2D eigenvalue weighted by Gasteiger charge is -2.16. The highest BCUT2D eigenvalue weighted by Crippen LogP contribution is 2.43. The third-order valence-electron chi connectivity index (χ3n) is 11.6. The summed E-state index contributed by atoms with van der Waals surface area (Å²) < 4.78 is 8.97. The second-order valence-electron chi connectivity index (χ2n) is 14.9. The topological polar surface area (TPSA) is 56.2 Å². The Morgan fingerprint density at radius 2 is 1.21 bits per heavy atom. The van der Waals surface area contributed by atoms with E-state index in [4.69, 9.17) is 19.4 Å². The van der Waals surface area contributed by atoms with E-state index in [2.05, 4.69) is 164 Å². The molecule has 0 saturated heterocycles. The molecule has 4 heterocycles. The van der Waals surface area contributed by atoms with E-state index in [0.29, 0.717) is 0 Å². The lowest BCUT2D eigenvalue weighted by molar-refractivity contribution is 0.669. The van der Waals surface area contributed by atoms with Crippen LogP contribution in [0.2, 0.25) is 0 Å². The van der Waals surface area contributed by atoms with Crippen molar-refractivity contribution in [3.63, 3.8) is 0 Å². The van der Waals surface area contributed by atoms with Crippen LogP contribution in [0.25, 0.3) is 83.1 Å². The fourth-order valence-electron chi connectivity index (χ4n) is 8.89. The minimum Gasteiger partial charge on any atom is -0.454 e. The Bertz CT molecular complexity index is 3200. The Labute approximate surface area is 330 Å². The number of hydrogen-bond donors (Lipinski definition) is 0. The van der Waals surface area contributed by atoms with Crippen LogP contribution in [-0.4, -0.2) is 20.2 Å². The molecule has 3 aromatic heterocycles. The number of benzene rings is 7. The van der Waals surface area contributed by atoms with Gasteiger partial charge in [-0.2, -0.15) is 0 Å². The number of hydrogen-bond acceptors (Lipinski definition) is 4. The van der Waals surface area contributed by atoms with E-state index in [1.165, 1.54) is 16.8 Å². The standard InChI is InChI=1S/C52H38N4O/c1-3-42-49(39-13-5-8-16-43(39)53-42)34-23-21-32(22-24-34)35-29-36(33-25-27-38(28-26-33)56-46-19-11-10-18-45(46)54-48(56)4-2)31-37(30-35)51-52-50(40-14-6-9-17-44(40)55-51)41-15-7-12-20-47(41)57-52/h5-31,49H,3-4H2,1-2H3/t49-/m1/s1. The zero-order valence-corrected chi connectivity index (χ0v) is 31.8. The zero-order chi connectivity index (χ0) is 38.0. The number of para-hydroxylation sites is 5. The number of pyridine rings is 1. The highest BCUT2D eigenvalue weighted by Gasteiger charge is 2.27. The molecule has 0 amide bonds. The number of aryl methyl sites for hydroxylation is 1. The quantitative estimate of drug-likeness (QED) is 0.164. The summed E-state index contributed by atoms with van der Waals surface area (Å²) in [6, 6.07) is 58.4. The molecule has 0 fully saturated rings. The van der Waals surface area contributed by atoms with Crippen molar-refractivity contribution < 1.29 is 4.42 Å². The molecule has 0 unspecified atom stereocenters. The van der Waals surface area contributed by atoms with Crippen LogP contribution in [0, 0.1) is 0 Å². The molecule has 1 atom stereocenters. The van der Waals surface area contributed by atoms with Gasteiger partial charge < -0.3 is 4.42 Å². The molecule has 57 heavy (non-hydrogen) atoms. The molecule has 0 bridgehead atoms. The molecule has 0 aliphatic carbocycles. The van der Waals surface area contributed by atoms with Crippen LogP contribution in [0.1, 0.15) is 43.1 Å². The Hall–Kier alpha value is -7.11. The van der Waals surface area contributed by atoms with Gasteiger partial charge in [0.25, 0.3) is 0 Å². The van der Waals surface area contributed by atoms with Crippen molar-refractivity contribution in [2.75, 3.05) is 0 Å². The van der Waals surface area contributed by atoms with Crippen molar-refractivity contribution in [1.29, 1.82) is 0 Å². The number of aliphatic imine (C=N–C) groups is 1. The van der Waals surface area contributed by atoms with Crippen molar-refractivity contribution in [3.8, 4) is 39.2 Å². The molecule has 0 spiro atoms. The van der Waals surface area contributed by atoms with Crippen molar-refractivity contribution in [2.24, 2.45) is 4.99 Å². The number of furan rings is 1. The van der Waals surface area contributed by atoms with Gasteiger partial charge in [0.1, 0.15) is 17.1 Å².